The zero-order chi connectivity index (χ0) is 17.2. The van der Waals surface area contributed by atoms with Gasteiger partial charge in [0.1, 0.15) is 0 Å². The first-order valence-corrected chi connectivity index (χ1v) is 9.33. The van der Waals surface area contributed by atoms with Gasteiger partial charge >= 0.3 is 15.9 Å². The fourth-order valence-electron chi connectivity index (χ4n) is 1.36. The number of alkyl halides is 2. The van der Waals surface area contributed by atoms with E-state index < -0.39 is 15.9 Å². The van der Waals surface area contributed by atoms with Gasteiger partial charge in [0.2, 0.25) is 0 Å². The lowest BCUT2D eigenvalue weighted by Gasteiger charge is -2.10. The molecule has 0 atom stereocenters. The molecule has 0 aliphatic carbocycles. The Bertz CT molecular complexity index is 503. The average molecular weight is 377 g/mol. The van der Waals surface area contributed by atoms with Gasteiger partial charge in [-0.15, -0.1) is 0 Å². The summed E-state index contributed by atoms with van der Waals surface area (Å²) in [4.78, 5) is 2.05. The van der Waals surface area contributed by atoms with Gasteiger partial charge in [0, 0.05) is 22.0 Å². The Morgan fingerprint density at radius 2 is 1.59 bits per heavy atom. The highest BCUT2D eigenvalue weighted by atomic mass is 35.5. The fraction of sp³-hybridized carbons (Fsp3) is 0.538. The fourth-order valence-corrected chi connectivity index (χ4v) is 2.66. The van der Waals surface area contributed by atoms with Crippen LogP contribution in [-0.2, 0) is 13.7 Å². The number of nitrogens with one attached hydrogen (secondary N) is 1. The first-order chi connectivity index (χ1) is 10.3. The van der Waals surface area contributed by atoms with Gasteiger partial charge in [-0.05, 0) is 45.0 Å². The van der Waals surface area contributed by atoms with Crippen LogP contribution in [0.5, 0.6) is 0 Å². The first kappa shape index (κ1) is 21.6. The van der Waals surface area contributed by atoms with Crippen molar-refractivity contribution in [1.29, 1.82) is 0 Å². The molecule has 0 radical (unpaired) electrons. The van der Waals surface area contributed by atoms with E-state index in [4.69, 9.17) is 11.6 Å². The van der Waals surface area contributed by atoms with Gasteiger partial charge < -0.3 is 4.90 Å². The molecule has 0 aliphatic heterocycles. The smallest absolute Gasteiger partial charge is 0.336 e. The predicted octanol–water partition coefficient (Wildman–Crippen LogP) is 2.85. The van der Waals surface area contributed by atoms with E-state index in [1.165, 1.54) is 43.9 Å². The Hall–Kier alpha value is -0.410. The third kappa shape index (κ3) is 8.89. The summed E-state index contributed by atoms with van der Waals surface area (Å²) in [6, 6.07) is 5.88. The van der Waals surface area contributed by atoms with E-state index in [1.54, 1.807) is 4.90 Å². The van der Waals surface area contributed by atoms with E-state index in [2.05, 4.69) is 24.4 Å². The third-order valence-corrected chi connectivity index (χ3v) is 4.94. The highest BCUT2D eigenvalue weighted by molar-refractivity contribution is 8.04. The number of rotatable bonds is 7. The molecule has 0 fully saturated rings. The van der Waals surface area contributed by atoms with Crippen LogP contribution in [0, 0.1) is 0 Å². The standard InChI is InChI=1S/C7H5ClF2O3S2.C6H15N/c8-5-1-3-6(4-2-5)14-13-15(11,12)7(9)10;1-4-7(5-2)6-3/h1-4,7H;4-6H2,1-3H3/p+1. The molecule has 1 aromatic carbocycles. The number of hydrogen-bond donors (Lipinski definition) is 1. The van der Waals surface area contributed by atoms with E-state index in [-0.39, 0.29) is 0 Å². The van der Waals surface area contributed by atoms with Gasteiger partial charge in [-0.2, -0.15) is 20.8 Å². The van der Waals surface area contributed by atoms with Crippen molar-refractivity contribution in [3.63, 3.8) is 0 Å². The van der Waals surface area contributed by atoms with Gasteiger partial charge in [-0.1, -0.05) is 11.6 Å². The predicted molar refractivity (Wildman–Crippen MR) is 85.9 cm³/mol. The van der Waals surface area contributed by atoms with Crippen molar-refractivity contribution in [3.05, 3.63) is 29.3 Å². The maximum atomic E-state index is 11.8. The number of hydrogen-bond acceptors (Lipinski definition) is 4. The molecule has 0 amide bonds. The molecule has 22 heavy (non-hydrogen) atoms. The Morgan fingerprint density at radius 1 is 1.14 bits per heavy atom. The van der Waals surface area contributed by atoms with Crippen molar-refractivity contribution >= 4 is 33.8 Å². The molecule has 9 heteroatoms. The quantitative estimate of drug-likeness (QED) is 0.743. The van der Waals surface area contributed by atoms with Gasteiger partial charge in [-0.25, -0.2) is 0 Å². The molecule has 0 bridgehead atoms. The van der Waals surface area contributed by atoms with Crippen LogP contribution < -0.4 is 4.90 Å². The second kappa shape index (κ2) is 11.2. The van der Waals surface area contributed by atoms with E-state index in [9.17, 15) is 17.2 Å². The average Bonchev–Trinajstić information content (AvgIpc) is 2.49. The molecule has 128 valence electrons. The van der Waals surface area contributed by atoms with Gasteiger partial charge in [0.05, 0.1) is 19.6 Å². The summed E-state index contributed by atoms with van der Waals surface area (Å²) < 4.78 is 48.8. The Morgan fingerprint density at radius 3 is 1.91 bits per heavy atom. The molecular formula is C13H21ClF2NO3S2+. The molecule has 0 aromatic heterocycles. The first-order valence-electron chi connectivity index (χ1n) is 6.74. The molecule has 1 N–H and O–H groups in total. The molecule has 0 unspecified atom stereocenters. The van der Waals surface area contributed by atoms with Gasteiger partial charge in [0.25, 0.3) is 0 Å². The summed E-state index contributed by atoms with van der Waals surface area (Å²) in [7, 11) is -4.81. The van der Waals surface area contributed by atoms with Crippen LogP contribution in [0.1, 0.15) is 20.8 Å². The Kier molecular flexibility index (Phi) is 11.0. The van der Waals surface area contributed by atoms with Crippen LogP contribution >= 0.6 is 23.6 Å². The van der Waals surface area contributed by atoms with E-state index in [1.807, 2.05) is 0 Å². The molecule has 4 nitrogen and oxygen atoms in total. The molecule has 0 saturated heterocycles. The van der Waals surface area contributed by atoms with Crippen LogP contribution in [0.4, 0.5) is 8.78 Å². The zero-order valence-electron chi connectivity index (χ0n) is 12.7. The van der Waals surface area contributed by atoms with Crippen LogP contribution in [0.3, 0.4) is 0 Å². The third-order valence-electron chi connectivity index (χ3n) is 2.76. The maximum Gasteiger partial charge on any atom is 0.362 e. The maximum absolute atomic E-state index is 11.8. The van der Waals surface area contributed by atoms with Crippen LogP contribution in [0.15, 0.2) is 29.2 Å². The van der Waals surface area contributed by atoms with Crippen LogP contribution in [0.25, 0.3) is 0 Å². The largest absolute Gasteiger partial charge is 0.362 e. The van der Waals surface area contributed by atoms with Crippen molar-refractivity contribution in [1.82, 2.24) is 0 Å². The van der Waals surface area contributed by atoms with E-state index in [0.717, 1.165) is 0 Å². The highest BCUT2D eigenvalue weighted by Gasteiger charge is 2.25. The lowest BCUT2D eigenvalue weighted by atomic mass is 10.4. The number of quaternary nitrogens is 1. The summed E-state index contributed by atoms with van der Waals surface area (Å²) >= 11 is 5.90. The van der Waals surface area contributed by atoms with Crippen LogP contribution in [-0.4, -0.2) is 33.8 Å². The molecule has 0 aliphatic rings. The number of benzene rings is 1. The molecule has 0 spiro atoms. The Labute approximate surface area is 140 Å². The van der Waals surface area contributed by atoms with Crippen molar-refractivity contribution in [2.24, 2.45) is 0 Å². The summed E-state index contributed by atoms with van der Waals surface area (Å²) in [5.41, 5.74) is 0. The van der Waals surface area contributed by atoms with E-state index >= 15 is 0 Å². The SMILES string of the molecule is CC[NH+](CC)CC.O=S(=O)(OSc1ccc(Cl)cc1)C(F)F. The topological polar surface area (TPSA) is 47.8 Å². The van der Waals surface area contributed by atoms with Gasteiger partial charge in [0.15, 0.2) is 0 Å². The lowest BCUT2D eigenvalue weighted by molar-refractivity contribution is -0.894. The summed E-state index contributed by atoms with van der Waals surface area (Å²) in [6.45, 7) is 10.5. The zero-order valence-corrected chi connectivity index (χ0v) is 15.1. The second-order valence-electron chi connectivity index (χ2n) is 4.17. The molecule has 0 saturated carbocycles. The summed E-state index contributed by atoms with van der Waals surface area (Å²) in [5.74, 6) is -3.54. The molecule has 0 heterocycles. The minimum atomic E-state index is -4.81. The summed E-state index contributed by atoms with van der Waals surface area (Å²) in [6.07, 6.45) is 0. The number of halogens is 3. The minimum Gasteiger partial charge on any atom is -0.336 e. The Balaban J connectivity index is 0.000000534. The lowest BCUT2D eigenvalue weighted by Crippen LogP contribution is -3.11. The second-order valence-corrected chi connectivity index (χ2v) is 7.13. The van der Waals surface area contributed by atoms with Crippen molar-refractivity contribution in [3.8, 4) is 0 Å². The summed E-state index contributed by atoms with van der Waals surface area (Å²) in [5, 5.41) is 0.455. The van der Waals surface area contributed by atoms with Crippen molar-refractivity contribution < 1.29 is 25.7 Å². The molecule has 1 rings (SSSR count). The van der Waals surface area contributed by atoms with Gasteiger partial charge in [-0.3, -0.25) is 0 Å². The van der Waals surface area contributed by atoms with Crippen molar-refractivity contribution in [2.75, 3.05) is 19.6 Å². The molecule has 1 aromatic rings. The van der Waals surface area contributed by atoms with Crippen LogP contribution in [0.2, 0.25) is 5.02 Å². The normalized spacial score (nSPS) is 11.5. The highest BCUT2D eigenvalue weighted by Crippen LogP contribution is 2.25. The minimum absolute atomic E-state index is 0.338. The monoisotopic (exact) mass is 376 g/mol. The van der Waals surface area contributed by atoms with Crippen molar-refractivity contribution in [2.45, 2.75) is 31.4 Å². The molecular weight excluding hydrogens is 356 g/mol. The van der Waals surface area contributed by atoms with E-state index in [0.29, 0.717) is 22.0 Å².